The van der Waals surface area contributed by atoms with Gasteiger partial charge in [-0.3, -0.25) is 4.90 Å². The minimum atomic E-state index is 0.270. The SMILES string of the molecule is CNCC1CN(Cc2cccnc2OC)CCO1. The van der Waals surface area contributed by atoms with E-state index in [0.29, 0.717) is 5.88 Å². The van der Waals surface area contributed by atoms with Gasteiger partial charge in [-0.2, -0.15) is 0 Å². The number of likely N-dealkylation sites (N-methyl/N-ethyl adjacent to an activating group) is 1. The van der Waals surface area contributed by atoms with Gasteiger partial charge >= 0.3 is 0 Å². The van der Waals surface area contributed by atoms with Gasteiger partial charge in [0, 0.05) is 37.9 Å². The minimum Gasteiger partial charge on any atom is -0.481 e. The highest BCUT2D eigenvalue weighted by molar-refractivity contribution is 5.25. The Labute approximate surface area is 108 Å². The first-order valence-corrected chi connectivity index (χ1v) is 6.30. The number of hydrogen-bond donors (Lipinski definition) is 1. The third kappa shape index (κ3) is 3.41. The van der Waals surface area contributed by atoms with Gasteiger partial charge < -0.3 is 14.8 Å². The molecule has 1 saturated heterocycles. The summed E-state index contributed by atoms with van der Waals surface area (Å²) in [6.45, 7) is 4.44. The molecule has 1 fully saturated rings. The molecule has 0 amide bonds. The van der Waals surface area contributed by atoms with E-state index in [9.17, 15) is 0 Å². The number of aromatic nitrogens is 1. The maximum atomic E-state index is 5.69. The molecule has 0 bridgehead atoms. The van der Waals surface area contributed by atoms with Gasteiger partial charge in [0.05, 0.1) is 19.8 Å². The van der Waals surface area contributed by atoms with Crippen molar-refractivity contribution in [3.05, 3.63) is 23.9 Å². The predicted molar refractivity (Wildman–Crippen MR) is 69.7 cm³/mol. The highest BCUT2D eigenvalue weighted by Crippen LogP contribution is 2.17. The molecule has 2 heterocycles. The van der Waals surface area contributed by atoms with Crippen molar-refractivity contribution in [1.82, 2.24) is 15.2 Å². The van der Waals surface area contributed by atoms with E-state index < -0.39 is 0 Å². The van der Waals surface area contributed by atoms with Crippen LogP contribution in [0.15, 0.2) is 18.3 Å². The molecule has 0 aromatic carbocycles. The Morgan fingerprint density at radius 3 is 3.28 bits per heavy atom. The number of ether oxygens (including phenoxy) is 2. The third-order valence-corrected chi connectivity index (χ3v) is 3.09. The van der Waals surface area contributed by atoms with Crippen molar-refractivity contribution in [1.29, 1.82) is 0 Å². The van der Waals surface area contributed by atoms with Gasteiger partial charge in [-0.15, -0.1) is 0 Å². The number of nitrogens with zero attached hydrogens (tertiary/aromatic N) is 2. The van der Waals surface area contributed by atoms with Crippen LogP contribution in [0.4, 0.5) is 0 Å². The van der Waals surface area contributed by atoms with Crippen LogP contribution in [0.1, 0.15) is 5.56 Å². The predicted octanol–water partition coefficient (Wildman–Crippen LogP) is 0.510. The first kappa shape index (κ1) is 13.3. The molecule has 1 N–H and O–H groups in total. The smallest absolute Gasteiger partial charge is 0.217 e. The summed E-state index contributed by atoms with van der Waals surface area (Å²) in [5.41, 5.74) is 1.13. The van der Waals surface area contributed by atoms with Crippen LogP contribution in [-0.2, 0) is 11.3 Å². The fourth-order valence-corrected chi connectivity index (χ4v) is 2.24. The van der Waals surface area contributed by atoms with E-state index in [1.807, 2.05) is 13.1 Å². The quantitative estimate of drug-likeness (QED) is 0.826. The average molecular weight is 251 g/mol. The van der Waals surface area contributed by atoms with Crippen LogP contribution in [0.2, 0.25) is 0 Å². The Kier molecular flexibility index (Phi) is 4.92. The number of nitrogens with one attached hydrogen (secondary N) is 1. The Balaban J connectivity index is 1.96. The zero-order valence-corrected chi connectivity index (χ0v) is 11.1. The summed E-state index contributed by atoms with van der Waals surface area (Å²) in [6, 6.07) is 4.01. The van der Waals surface area contributed by atoms with Gasteiger partial charge in [0.25, 0.3) is 0 Å². The van der Waals surface area contributed by atoms with E-state index in [2.05, 4.69) is 21.3 Å². The Hall–Kier alpha value is -1.17. The van der Waals surface area contributed by atoms with Crippen LogP contribution in [0.5, 0.6) is 5.88 Å². The van der Waals surface area contributed by atoms with Crippen molar-refractivity contribution >= 4 is 0 Å². The van der Waals surface area contributed by atoms with E-state index in [1.54, 1.807) is 13.3 Å². The van der Waals surface area contributed by atoms with Gasteiger partial charge in [-0.25, -0.2) is 4.98 Å². The van der Waals surface area contributed by atoms with Crippen molar-refractivity contribution < 1.29 is 9.47 Å². The zero-order valence-electron chi connectivity index (χ0n) is 11.1. The van der Waals surface area contributed by atoms with Crippen LogP contribution < -0.4 is 10.1 Å². The molecule has 1 atom stereocenters. The van der Waals surface area contributed by atoms with Crippen LogP contribution in [0.25, 0.3) is 0 Å². The molecule has 0 spiro atoms. The van der Waals surface area contributed by atoms with Crippen LogP contribution in [0.3, 0.4) is 0 Å². The number of methoxy groups -OCH3 is 1. The summed E-state index contributed by atoms with van der Waals surface area (Å²) in [5, 5.41) is 3.16. The maximum Gasteiger partial charge on any atom is 0.217 e. The number of morpholine rings is 1. The molecule has 1 aromatic heterocycles. The Morgan fingerprint density at radius 1 is 1.61 bits per heavy atom. The second-order valence-corrected chi connectivity index (χ2v) is 4.46. The molecular weight excluding hydrogens is 230 g/mol. The third-order valence-electron chi connectivity index (χ3n) is 3.09. The molecule has 100 valence electrons. The van der Waals surface area contributed by atoms with E-state index >= 15 is 0 Å². The van der Waals surface area contributed by atoms with Crippen LogP contribution in [0, 0.1) is 0 Å². The second-order valence-electron chi connectivity index (χ2n) is 4.46. The molecule has 5 nitrogen and oxygen atoms in total. The molecule has 1 aromatic rings. The summed E-state index contributed by atoms with van der Waals surface area (Å²) >= 11 is 0. The van der Waals surface area contributed by atoms with Crippen molar-refractivity contribution in [3.63, 3.8) is 0 Å². The highest BCUT2D eigenvalue weighted by Gasteiger charge is 2.20. The van der Waals surface area contributed by atoms with Gasteiger partial charge in [-0.1, -0.05) is 6.07 Å². The first-order valence-electron chi connectivity index (χ1n) is 6.30. The van der Waals surface area contributed by atoms with E-state index in [1.165, 1.54) is 0 Å². The second kappa shape index (κ2) is 6.68. The summed E-state index contributed by atoms with van der Waals surface area (Å²) in [4.78, 5) is 6.61. The molecule has 1 aliphatic rings. The van der Waals surface area contributed by atoms with Gasteiger partial charge in [0.2, 0.25) is 5.88 Å². The molecule has 1 unspecified atom stereocenters. The van der Waals surface area contributed by atoms with Crippen molar-refractivity contribution in [3.8, 4) is 5.88 Å². The molecule has 18 heavy (non-hydrogen) atoms. The van der Waals surface area contributed by atoms with E-state index in [4.69, 9.17) is 9.47 Å². The normalized spacial score (nSPS) is 20.9. The fraction of sp³-hybridized carbons (Fsp3) is 0.615. The molecule has 0 saturated carbocycles. The number of rotatable bonds is 5. The first-order chi connectivity index (χ1) is 8.83. The lowest BCUT2D eigenvalue weighted by Crippen LogP contribution is -2.45. The lowest BCUT2D eigenvalue weighted by molar-refractivity contribution is -0.0293. The zero-order chi connectivity index (χ0) is 12.8. The summed E-state index contributed by atoms with van der Waals surface area (Å²) in [7, 11) is 3.61. The summed E-state index contributed by atoms with van der Waals surface area (Å²) in [5.74, 6) is 0.717. The van der Waals surface area contributed by atoms with Crippen molar-refractivity contribution in [2.45, 2.75) is 12.6 Å². The average Bonchev–Trinajstić information content (AvgIpc) is 2.40. The van der Waals surface area contributed by atoms with E-state index in [-0.39, 0.29) is 6.10 Å². The Bertz CT molecular complexity index is 371. The molecule has 1 aliphatic heterocycles. The number of hydrogen-bond acceptors (Lipinski definition) is 5. The monoisotopic (exact) mass is 251 g/mol. The minimum absolute atomic E-state index is 0.270. The maximum absolute atomic E-state index is 5.69. The molecule has 0 aliphatic carbocycles. The molecule has 2 rings (SSSR count). The standard InChI is InChI=1S/C13H21N3O2/c1-14-8-12-10-16(6-7-18-12)9-11-4-3-5-15-13(11)17-2/h3-5,12,14H,6-10H2,1-2H3. The van der Waals surface area contributed by atoms with Crippen LogP contribution in [-0.4, -0.2) is 56.4 Å². The fourth-order valence-electron chi connectivity index (χ4n) is 2.24. The van der Waals surface area contributed by atoms with E-state index in [0.717, 1.165) is 38.3 Å². The molecule has 5 heteroatoms. The molecular formula is C13H21N3O2. The summed E-state index contributed by atoms with van der Waals surface area (Å²) < 4.78 is 11.0. The van der Waals surface area contributed by atoms with Crippen molar-refractivity contribution in [2.24, 2.45) is 0 Å². The van der Waals surface area contributed by atoms with Crippen molar-refractivity contribution in [2.75, 3.05) is 40.4 Å². The van der Waals surface area contributed by atoms with Gasteiger partial charge in [0.15, 0.2) is 0 Å². The largest absolute Gasteiger partial charge is 0.481 e. The Morgan fingerprint density at radius 2 is 2.50 bits per heavy atom. The topological polar surface area (TPSA) is 46.6 Å². The van der Waals surface area contributed by atoms with Gasteiger partial charge in [-0.05, 0) is 13.1 Å². The highest BCUT2D eigenvalue weighted by atomic mass is 16.5. The molecule has 0 radical (unpaired) electrons. The van der Waals surface area contributed by atoms with Gasteiger partial charge in [0.1, 0.15) is 0 Å². The lowest BCUT2D eigenvalue weighted by atomic mass is 10.2. The summed E-state index contributed by atoms with van der Waals surface area (Å²) in [6.07, 6.45) is 2.03. The number of pyridine rings is 1. The lowest BCUT2D eigenvalue weighted by Gasteiger charge is -2.33. The van der Waals surface area contributed by atoms with Crippen LogP contribution >= 0.6 is 0 Å².